The quantitative estimate of drug-likeness (QED) is 0.754. The second kappa shape index (κ2) is 6.52. The highest BCUT2D eigenvalue weighted by Gasteiger charge is 2.22. The van der Waals surface area contributed by atoms with Crippen molar-refractivity contribution >= 4 is 12.6 Å². The summed E-state index contributed by atoms with van der Waals surface area (Å²) in [5.41, 5.74) is 1.71. The van der Waals surface area contributed by atoms with Gasteiger partial charge in [-0.3, -0.25) is 4.90 Å². The zero-order chi connectivity index (χ0) is 13.8. The maximum Gasteiger partial charge on any atom is 0.488 e. The third-order valence-corrected chi connectivity index (χ3v) is 4.09. The van der Waals surface area contributed by atoms with E-state index in [1.807, 2.05) is 12.1 Å². The Bertz CT molecular complexity index is 406. The van der Waals surface area contributed by atoms with Crippen molar-refractivity contribution in [1.82, 2.24) is 9.80 Å². The molecular formula is C14H23BN2O2. The van der Waals surface area contributed by atoms with Crippen molar-refractivity contribution in [1.29, 1.82) is 0 Å². The summed E-state index contributed by atoms with van der Waals surface area (Å²) >= 11 is 0. The molecule has 0 aromatic heterocycles. The van der Waals surface area contributed by atoms with Crippen LogP contribution in [0.1, 0.15) is 25.5 Å². The maximum absolute atomic E-state index is 9.24. The number of piperazine rings is 1. The number of nitrogens with zero attached hydrogens (tertiary/aromatic N) is 2. The Balaban J connectivity index is 2.03. The molecule has 19 heavy (non-hydrogen) atoms. The predicted molar refractivity (Wildman–Crippen MR) is 78.4 cm³/mol. The Labute approximate surface area is 115 Å². The molecule has 0 spiro atoms. The van der Waals surface area contributed by atoms with Gasteiger partial charge in [0, 0.05) is 32.2 Å². The number of hydrogen-bond donors (Lipinski definition) is 2. The van der Waals surface area contributed by atoms with Gasteiger partial charge in [0.15, 0.2) is 0 Å². The fourth-order valence-corrected chi connectivity index (χ4v) is 2.66. The molecular weight excluding hydrogens is 239 g/mol. The van der Waals surface area contributed by atoms with Gasteiger partial charge in [0.25, 0.3) is 0 Å². The lowest BCUT2D eigenvalue weighted by atomic mass is 9.79. The van der Waals surface area contributed by atoms with Crippen LogP contribution in [0.4, 0.5) is 0 Å². The molecule has 1 unspecified atom stereocenters. The maximum atomic E-state index is 9.24. The summed E-state index contributed by atoms with van der Waals surface area (Å²) in [6.07, 6.45) is 0. The zero-order valence-corrected chi connectivity index (χ0v) is 11.8. The summed E-state index contributed by atoms with van der Waals surface area (Å²) in [7, 11) is -1.39. The minimum Gasteiger partial charge on any atom is -0.423 e. The first-order valence-electron chi connectivity index (χ1n) is 7.04. The summed E-state index contributed by atoms with van der Waals surface area (Å²) in [5, 5.41) is 18.5. The van der Waals surface area contributed by atoms with Crippen LogP contribution >= 0.6 is 0 Å². The minimum absolute atomic E-state index is 0.317. The van der Waals surface area contributed by atoms with Crippen LogP contribution in [-0.2, 0) is 0 Å². The molecule has 0 saturated carbocycles. The second-order valence-corrected chi connectivity index (χ2v) is 5.19. The number of likely N-dealkylation sites (N-methyl/N-ethyl adjacent to an activating group) is 1. The first-order chi connectivity index (χ1) is 9.11. The van der Waals surface area contributed by atoms with Crippen molar-refractivity contribution < 1.29 is 10.0 Å². The van der Waals surface area contributed by atoms with Crippen molar-refractivity contribution in [2.24, 2.45) is 0 Å². The van der Waals surface area contributed by atoms with E-state index in [0.717, 1.165) is 38.3 Å². The normalized spacial score (nSPS) is 19.4. The third-order valence-electron chi connectivity index (χ3n) is 4.09. The molecule has 0 amide bonds. The average Bonchev–Trinajstić information content (AvgIpc) is 2.46. The van der Waals surface area contributed by atoms with Gasteiger partial charge < -0.3 is 14.9 Å². The molecule has 1 aliphatic rings. The van der Waals surface area contributed by atoms with E-state index in [-0.39, 0.29) is 0 Å². The lowest BCUT2D eigenvalue weighted by molar-refractivity contribution is 0.106. The van der Waals surface area contributed by atoms with Crippen LogP contribution in [0.2, 0.25) is 0 Å². The zero-order valence-electron chi connectivity index (χ0n) is 11.8. The van der Waals surface area contributed by atoms with Crippen molar-refractivity contribution in [2.75, 3.05) is 32.7 Å². The van der Waals surface area contributed by atoms with Crippen LogP contribution < -0.4 is 5.46 Å². The van der Waals surface area contributed by atoms with E-state index in [4.69, 9.17) is 0 Å². The highest BCUT2D eigenvalue weighted by atomic mass is 16.4. The van der Waals surface area contributed by atoms with E-state index in [0.29, 0.717) is 11.5 Å². The Hall–Kier alpha value is -0.875. The largest absolute Gasteiger partial charge is 0.488 e. The molecule has 2 rings (SSSR count). The number of hydrogen-bond acceptors (Lipinski definition) is 4. The van der Waals surface area contributed by atoms with E-state index < -0.39 is 7.12 Å². The molecule has 1 atom stereocenters. The van der Waals surface area contributed by atoms with E-state index >= 15 is 0 Å². The van der Waals surface area contributed by atoms with Crippen LogP contribution in [0.3, 0.4) is 0 Å². The average molecular weight is 262 g/mol. The van der Waals surface area contributed by atoms with Crippen LogP contribution in [0.25, 0.3) is 0 Å². The molecule has 0 radical (unpaired) electrons. The van der Waals surface area contributed by atoms with Gasteiger partial charge >= 0.3 is 7.12 Å². The van der Waals surface area contributed by atoms with Crippen molar-refractivity contribution in [2.45, 2.75) is 19.9 Å². The lowest BCUT2D eigenvalue weighted by Crippen LogP contribution is -2.47. The van der Waals surface area contributed by atoms with Gasteiger partial charge in [-0.25, -0.2) is 0 Å². The SMILES string of the molecule is CCN1CCN(C(C)c2cccc(B(O)O)c2)CC1. The summed E-state index contributed by atoms with van der Waals surface area (Å²) in [6, 6.07) is 7.90. The minimum atomic E-state index is -1.39. The third kappa shape index (κ3) is 3.57. The molecule has 2 N–H and O–H groups in total. The van der Waals surface area contributed by atoms with E-state index in [9.17, 15) is 10.0 Å². The fraction of sp³-hybridized carbons (Fsp3) is 0.571. The molecule has 0 aliphatic carbocycles. The van der Waals surface area contributed by atoms with E-state index in [1.54, 1.807) is 6.07 Å². The molecule has 1 fully saturated rings. The second-order valence-electron chi connectivity index (χ2n) is 5.19. The van der Waals surface area contributed by atoms with Crippen LogP contribution in [0, 0.1) is 0 Å². The lowest BCUT2D eigenvalue weighted by Gasteiger charge is -2.37. The molecule has 1 aromatic rings. The van der Waals surface area contributed by atoms with Crippen LogP contribution in [0.5, 0.6) is 0 Å². The van der Waals surface area contributed by atoms with Gasteiger partial charge in [-0.2, -0.15) is 0 Å². The number of rotatable bonds is 4. The van der Waals surface area contributed by atoms with Gasteiger partial charge in [0.05, 0.1) is 0 Å². The highest BCUT2D eigenvalue weighted by Crippen LogP contribution is 2.20. The van der Waals surface area contributed by atoms with Crippen molar-refractivity contribution in [3.8, 4) is 0 Å². The Morgan fingerprint density at radius 3 is 2.47 bits per heavy atom. The van der Waals surface area contributed by atoms with E-state index in [2.05, 4.69) is 29.7 Å². The first kappa shape index (κ1) is 14.5. The smallest absolute Gasteiger partial charge is 0.423 e. The van der Waals surface area contributed by atoms with Gasteiger partial charge in [0.2, 0.25) is 0 Å². The Kier molecular flexibility index (Phi) is 4.99. The van der Waals surface area contributed by atoms with Gasteiger partial charge in [0.1, 0.15) is 0 Å². The Morgan fingerprint density at radius 1 is 1.21 bits per heavy atom. The molecule has 4 nitrogen and oxygen atoms in total. The Morgan fingerprint density at radius 2 is 1.89 bits per heavy atom. The monoisotopic (exact) mass is 262 g/mol. The molecule has 1 aromatic carbocycles. The summed E-state index contributed by atoms with van der Waals surface area (Å²) in [5.74, 6) is 0. The molecule has 1 heterocycles. The van der Waals surface area contributed by atoms with Crippen LogP contribution in [-0.4, -0.2) is 59.7 Å². The van der Waals surface area contributed by atoms with Gasteiger partial charge in [-0.15, -0.1) is 0 Å². The standard InChI is InChI=1S/C14H23BN2O2/c1-3-16-7-9-17(10-8-16)12(2)13-5-4-6-14(11-13)15(18)19/h4-6,11-12,18-19H,3,7-10H2,1-2H3. The van der Waals surface area contributed by atoms with Gasteiger partial charge in [-0.1, -0.05) is 31.2 Å². The molecule has 104 valence electrons. The van der Waals surface area contributed by atoms with Gasteiger partial charge in [-0.05, 0) is 24.5 Å². The van der Waals surface area contributed by atoms with E-state index in [1.165, 1.54) is 0 Å². The molecule has 1 saturated heterocycles. The van der Waals surface area contributed by atoms with Crippen LogP contribution in [0.15, 0.2) is 24.3 Å². The highest BCUT2D eigenvalue weighted by molar-refractivity contribution is 6.58. The fourth-order valence-electron chi connectivity index (χ4n) is 2.66. The topological polar surface area (TPSA) is 46.9 Å². The summed E-state index contributed by atoms with van der Waals surface area (Å²) in [4.78, 5) is 4.91. The number of benzene rings is 1. The predicted octanol–water partition coefficient (Wildman–Crippen LogP) is 0.0649. The first-order valence-corrected chi connectivity index (χ1v) is 7.04. The molecule has 1 aliphatic heterocycles. The molecule has 0 bridgehead atoms. The van der Waals surface area contributed by atoms with Crippen molar-refractivity contribution in [3.63, 3.8) is 0 Å². The summed E-state index contributed by atoms with van der Waals surface area (Å²) in [6.45, 7) is 9.87. The van der Waals surface area contributed by atoms with Crippen molar-refractivity contribution in [3.05, 3.63) is 29.8 Å². The molecule has 5 heteroatoms. The summed E-state index contributed by atoms with van der Waals surface area (Å²) < 4.78 is 0.